The maximum absolute atomic E-state index is 12.3. The van der Waals surface area contributed by atoms with Crippen molar-refractivity contribution in [2.45, 2.75) is 6.92 Å². The number of nitrogens with zero attached hydrogens (tertiary/aromatic N) is 3. The van der Waals surface area contributed by atoms with Crippen molar-refractivity contribution in [3.05, 3.63) is 51.7 Å². The van der Waals surface area contributed by atoms with Crippen molar-refractivity contribution in [1.82, 2.24) is 5.01 Å². The second-order valence-electron chi connectivity index (χ2n) is 5.76. The fraction of sp³-hybridized carbons (Fsp3) is 0.105. The van der Waals surface area contributed by atoms with Gasteiger partial charge in [0.2, 0.25) is 0 Å². The number of nitrogens with one attached hydrogen (secondary N) is 1. The Balaban J connectivity index is 1.63. The molecule has 0 saturated carbocycles. The normalized spacial score (nSPS) is 16.8. The number of aliphatic imine (C=N–C) groups is 1. The number of carbonyl (C=O) groups is 2. The van der Waals surface area contributed by atoms with Gasteiger partial charge in [-0.25, -0.2) is 4.79 Å². The molecule has 2 aliphatic rings. The van der Waals surface area contributed by atoms with E-state index < -0.39 is 11.9 Å². The highest BCUT2D eigenvalue weighted by atomic mass is 32.2. The van der Waals surface area contributed by atoms with Crippen LogP contribution in [-0.4, -0.2) is 40.0 Å². The van der Waals surface area contributed by atoms with Crippen molar-refractivity contribution in [2.24, 2.45) is 10.1 Å². The number of hydrazone groups is 1. The maximum Gasteiger partial charge on any atom is 0.353 e. The third kappa shape index (κ3) is 3.84. The molecule has 1 N–H and O–H groups in total. The minimum atomic E-state index is -0.509. The van der Waals surface area contributed by atoms with E-state index in [4.69, 9.17) is 14.9 Å². The molecule has 0 unspecified atom stereocenters. The number of thioether (sulfide) groups is 1. The number of amides is 1. The third-order valence-electron chi connectivity index (χ3n) is 3.90. The van der Waals surface area contributed by atoms with Gasteiger partial charge in [-0.1, -0.05) is 12.1 Å². The lowest BCUT2D eigenvalue weighted by Gasteiger charge is -2.20. The Kier molecular flexibility index (Phi) is 5.28. The number of thiophene rings is 1. The van der Waals surface area contributed by atoms with Crippen LogP contribution in [0.4, 0.5) is 0 Å². The highest BCUT2D eigenvalue weighted by Gasteiger charge is 2.32. The SMILES string of the molecule is CCOc1cc(C=C2C(=N)N3N=CSC3=NC2=O)ccc1OC(=O)c1cccs1. The second-order valence-corrected chi connectivity index (χ2v) is 7.52. The van der Waals surface area contributed by atoms with Crippen molar-refractivity contribution in [3.63, 3.8) is 0 Å². The summed E-state index contributed by atoms with van der Waals surface area (Å²) >= 11 is 2.47. The molecule has 0 atom stereocenters. The first kappa shape index (κ1) is 19.1. The molecule has 29 heavy (non-hydrogen) atoms. The van der Waals surface area contributed by atoms with E-state index in [0.717, 1.165) is 0 Å². The Labute approximate surface area is 174 Å². The number of rotatable bonds is 5. The van der Waals surface area contributed by atoms with Crippen LogP contribution in [0, 0.1) is 5.41 Å². The number of hydrogen-bond acceptors (Lipinski definition) is 8. The second kappa shape index (κ2) is 8.02. The fourth-order valence-electron chi connectivity index (χ4n) is 2.62. The Morgan fingerprint density at radius 3 is 2.93 bits per heavy atom. The van der Waals surface area contributed by atoms with E-state index >= 15 is 0 Å². The van der Waals surface area contributed by atoms with Gasteiger partial charge in [0.1, 0.15) is 4.88 Å². The van der Waals surface area contributed by atoms with Crippen LogP contribution in [0.3, 0.4) is 0 Å². The molecular weight excluding hydrogens is 412 g/mol. The summed E-state index contributed by atoms with van der Waals surface area (Å²) < 4.78 is 11.1. The van der Waals surface area contributed by atoms with Gasteiger partial charge in [0, 0.05) is 0 Å². The molecule has 2 aromatic rings. The predicted molar refractivity (Wildman–Crippen MR) is 113 cm³/mol. The van der Waals surface area contributed by atoms with Crippen molar-refractivity contribution >= 4 is 57.6 Å². The van der Waals surface area contributed by atoms with Crippen LogP contribution < -0.4 is 9.47 Å². The first-order chi connectivity index (χ1) is 14.1. The lowest BCUT2D eigenvalue weighted by molar-refractivity contribution is -0.114. The van der Waals surface area contributed by atoms with Gasteiger partial charge in [0.05, 0.1) is 17.7 Å². The summed E-state index contributed by atoms with van der Waals surface area (Å²) in [6, 6.07) is 8.37. The van der Waals surface area contributed by atoms with E-state index in [9.17, 15) is 9.59 Å². The van der Waals surface area contributed by atoms with Gasteiger partial charge in [-0.3, -0.25) is 10.2 Å². The van der Waals surface area contributed by atoms with E-state index in [0.29, 0.717) is 28.0 Å². The van der Waals surface area contributed by atoms with E-state index in [2.05, 4.69) is 10.1 Å². The zero-order valence-corrected chi connectivity index (χ0v) is 16.8. The van der Waals surface area contributed by atoms with Crippen molar-refractivity contribution < 1.29 is 19.1 Å². The molecule has 2 aliphatic heterocycles. The lowest BCUT2D eigenvalue weighted by Crippen LogP contribution is -2.35. The lowest BCUT2D eigenvalue weighted by atomic mass is 10.1. The monoisotopic (exact) mass is 426 g/mol. The van der Waals surface area contributed by atoms with Crippen LogP contribution in [0.15, 0.2) is 51.4 Å². The zero-order chi connectivity index (χ0) is 20.4. The maximum atomic E-state index is 12.3. The molecule has 0 spiro atoms. The average Bonchev–Trinajstić information content (AvgIpc) is 3.39. The molecule has 0 fully saturated rings. The topological polar surface area (TPSA) is 104 Å². The molecule has 0 bridgehead atoms. The van der Waals surface area contributed by atoms with Gasteiger partial charge in [0.25, 0.3) is 5.91 Å². The molecular formula is C19H14N4O4S2. The quantitative estimate of drug-likeness (QED) is 0.445. The number of hydrogen-bond donors (Lipinski definition) is 1. The molecule has 3 heterocycles. The van der Waals surface area contributed by atoms with Gasteiger partial charge in [-0.05, 0) is 53.9 Å². The van der Waals surface area contributed by atoms with E-state index in [1.54, 1.807) is 35.7 Å². The molecule has 10 heteroatoms. The van der Waals surface area contributed by atoms with Crippen LogP contribution >= 0.6 is 23.1 Å². The molecule has 8 nitrogen and oxygen atoms in total. The van der Waals surface area contributed by atoms with Crippen LogP contribution in [0.5, 0.6) is 11.5 Å². The summed E-state index contributed by atoms with van der Waals surface area (Å²) in [4.78, 5) is 29.0. The van der Waals surface area contributed by atoms with Crippen LogP contribution in [0.25, 0.3) is 6.08 Å². The molecule has 146 valence electrons. The Morgan fingerprint density at radius 2 is 2.17 bits per heavy atom. The number of benzene rings is 1. The number of carbonyl (C=O) groups excluding carboxylic acids is 2. The van der Waals surface area contributed by atoms with E-state index in [1.165, 1.54) is 39.7 Å². The van der Waals surface area contributed by atoms with Crippen molar-refractivity contribution in [3.8, 4) is 11.5 Å². The first-order valence-corrected chi connectivity index (χ1v) is 10.3. The minimum absolute atomic E-state index is 0.0487. The van der Waals surface area contributed by atoms with Crippen molar-refractivity contribution in [1.29, 1.82) is 5.41 Å². The molecule has 0 radical (unpaired) electrons. The molecule has 4 rings (SSSR count). The van der Waals surface area contributed by atoms with E-state index in [1.807, 2.05) is 6.92 Å². The summed E-state index contributed by atoms with van der Waals surface area (Å²) in [6.07, 6.45) is 1.54. The predicted octanol–water partition coefficient (Wildman–Crippen LogP) is 3.61. The summed E-state index contributed by atoms with van der Waals surface area (Å²) in [6.45, 7) is 2.18. The van der Waals surface area contributed by atoms with E-state index in [-0.39, 0.29) is 17.2 Å². The number of esters is 1. The van der Waals surface area contributed by atoms with Crippen molar-refractivity contribution in [2.75, 3.05) is 6.61 Å². The molecule has 0 aliphatic carbocycles. The van der Waals surface area contributed by atoms with Crippen LogP contribution in [-0.2, 0) is 4.79 Å². The standard InChI is InChI=1S/C19H14N4O4S2/c1-2-26-14-9-11(5-6-13(14)27-18(25)15-4-3-7-28-15)8-12-16(20)23-19(22-17(12)24)29-10-21-23/h3-10,20H,2H2,1H3. The summed E-state index contributed by atoms with van der Waals surface area (Å²) in [5.74, 6) is -0.390. The third-order valence-corrected chi connectivity index (χ3v) is 5.42. The number of ether oxygens (including phenoxy) is 2. The molecule has 1 amide bonds. The number of amidine groups is 2. The minimum Gasteiger partial charge on any atom is -0.490 e. The largest absolute Gasteiger partial charge is 0.490 e. The Hall–Kier alpha value is -3.24. The van der Waals surface area contributed by atoms with Gasteiger partial charge >= 0.3 is 5.97 Å². The first-order valence-electron chi connectivity index (χ1n) is 8.52. The highest BCUT2D eigenvalue weighted by Crippen LogP contribution is 2.31. The van der Waals surface area contributed by atoms with Crippen LogP contribution in [0.2, 0.25) is 0 Å². The Morgan fingerprint density at radius 1 is 1.31 bits per heavy atom. The van der Waals surface area contributed by atoms with Gasteiger partial charge in [-0.15, -0.1) is 11.3 Å². The zero-order valence-electron chi connectivity index (χ0n) is 15.1. The molecule has 1 aromatic carbocycles. The van der Waals surface area contributed by atoms with Crippen LogP contribution in [0.1, 0.15) is 22.2 Å². The average molecular weight is 426 g/mol. The molecule has 1 aromatic heterocycles. The number of fused-ring (bicyclic) bond motifs is 1. The summed E-state index contributed by atoms with van der Waals surface area (Å²) in [5.41, 5.74) is 2.24. The highest BCUT2D eigenvalue weighted by molar-refractivity contribution is 8.25. The van der Waals surface area contributed by atoms with Gasteiger partial charge in [0.15, 0.2) is 22.5 Å². The summed E-state index contributed by atoms with van der Waals surface area (Å²) in [7, 11) is 0. The van der Waals surface area contributed by atoms with Gasteiger partial charge in [-0.2, -0.15) is 15.1 Å². The smallest absolute Gasteiger partial charge is 0.353 e. The Bertz CT molecular complexity index is 1090. The fourth-order valence-corrected chi connectivity index (χ4v) is 3.82. The summed E-state index contributed by atoms with van der Waals surface area (Å²) in [5, 5.41) is 15.7. The van der Waals surface area contributed by atoms with Gasteiger partial charge < -0.3 is 9.47 Å². The molecule has 0 saturated heterocycles.